The smallest absolute Gasteiger partial charge is 0.348 e. The SMILES string of the molecule is O=C(OCC(COC(COC(COCc1ccccc1)COCc1ccccc1)COC(COCc1ccccc1)COCc1ccccc1)COC(COC(COCc1ccccc1)COCc1ccccc1)COC(COCc1ccccc1)COCc1ccccc1)c1ccc(-c2ccc(-c3ccc(-c4cccs4)s3)s2)s1. The fourth-order valence-corrected chi connectivity index (χ4v) is 16.0. The van der Waals surface area contributed by atoms with Gasteiger partial charge in [-0.25, -0.2) is 4.79 Å². The van der Waals surface area contributed by atoms with Gasteiger partial charge in [-0.05, 0) is 92.4 Å². The molecule has 0 aliphatic rings. The second-order valence-electron chi connectivity index (χ2n) is 27.7. The lowest BCUT2D eigenvalue weighted by atomic mass is 10.2. The van der Waals surface area contributed by atoms with E-state index in [0.29, 0.717) is 57.7 Å². The van der Waals surface area contributed by atoms with E-state index in [9.17, 15) is 4.79 Å². The molecule has 0 spiro atoms. The Balaban J connectivity index is 0.815. The first kappa shape index (κ1) is 85.8. The van der Waals surface area contributed by atoms with E-state index in [1.54, 1.807) is 34.0 Å². The van der Waals surface area contributed by atoms with Gasteiger partial charge in [0.15, 0.2) is 0 Å². The van der Waals surface area contributed by atoms with Crippen molar-refractivity contribution in [1.29, 1.82) is 0 Å². The number of carbonyl (C=O) groups excluding carboxylic acids is 1. The number of benzene rings is 8. The first-order valence-electron chi connectivity index (χ1n) is 39.1. The molecule has 0 N–H and O–H groups in total. The van der Waals surface area contributed by atoms with Gasteiger partial charge in [-0.1, -0.05) is 249 Å². The summed E-state index contributed by atoms with van der Waals surface area (Å²) in [6.45, 7) is 4.93. The van der Waals surface area contributed by atoms with Gasteiger partial charge in [0.25, 0.3) is 0 Å². The van der Waals surface area contributed by atoms with Crippen molar-refractivity contribution >= 4 is 51.3 Å². The quantitative estimate of drug-likeness (QED) is 0.0332. The summed E-state index contributed by atoms with van der Waals surface area (Å²) in [7, 11) is 0. The van der Waals surface area contributed by atoms with Crippen LogP contribution in [0.3, 0.4) is 0 Å². The van der Waals surface area contributed by atoms with E-state index < -0.39 is 48.5 Å². The van der Waals surface area contributed by atoms with Crippen molar-refractivity contribution in [3.8, 4) is 29.3 Å². The van der Waals surface area contributed by atoms with Crippen LogP contribution in [0, 0.1) is 5.92 Å². The largest absolute Gasteiger partial charge is 0.461 e. The van der Waals surface area contributed by atoms with E-state index in [-0.39, 0.29) is 99.1 Å². The van der Waals surface area contributed by atoms with E-state index in [0.717, 1.165) is 59.1 Å². The third kappa shape index (κ3) is 31.8. The van der Waals surface area contributed by atoms with Crippen molar-refractivity contribution in [3.05, 3.63) is 346 Å². The second-order valence-corrected chi connectivity index (χ2v) is 31.9. The van der Waals surface area contributed by atoms with Crippen molar-refractivity contribution in [2.24, 2.45) is 5.92 Å². The zero-order chi connectivity index (χ0) is 78.6. The molecule has 0 bridgehead atoms. The summed E-state index contributed by atoms with van der Waals surface area (Å²) in [5.74, 6) is -1.07. The third-order valence-electron chi connectivity index (χ3n) is 18.2. The lowest BCUT2D eigenvalue weighted by Crippen LogP contribution is -2.38. The molecule has 0 aliphatic heterocycles. The Hall–Kier alpha value is -8.53. The topological polar surface area (TPSA) is 156 Å². The van der Waals surface area contributed by atoms with Gasteiger partial charge in [0.05, 0.1) is 152 Å². The predicted octanol–water partition coefficient (Wildman–Crippen LogP) is 19.8. The number of thiophene rings is 4. The molecule has 0 radical (unpaired) electrons. The Labute approximate surface area is 692 Å². The minimum atomic E-state index is -0.718. The van der Waals surface area contributed by atoms with Crippen molar-refractivity contribution in [1.82, 2.24) is 0 Å². The lowest BCUT2D eigenvalue weighted by Gasteiger charge is -2.28. The molecule has 0 unspecified atom stereocenters. The van der Waals surface area contributed by atoms with Gasteiger partial charge in [-0.15, -0.1) is 45.3 Å². The maximum Gasteiger partial charge on any atom is 0.348 e. The van der Waals surface area contributed by atoms with Gasteiger partial charge in [-0.2, -0.15) is 0 Å². The first-order chi connectivity index (χ1) is 56.9. The van der Waals surface area contributed by atoms with Crippen LogP contribution in [0.25, 0.3) is 29.3 Å². The molecule has 20 heteroatoms. The lowest BCUT2D eigenvalue weighted by molar-refractivity contribution is -0.150. The molecule has 4 aromatic heterocycles. The molecular formula is C95H102O16S4. The summed E-state index contributed by atoms with van der Waals surface area (Å²) >= 11 is 6.60. The number of carbonyl (C=O) groups is 1. The Kier molecular flexibility index (Phi) is 37.4. The average molecular weight is 1630 g/mol. The van der Waals surface area contributed by atoms with Crippen molar-refractivity contribution < 1.29 is 75.8 Å². The Morgan fingerprint density at radius 2 is 0.443 bits per heavy atom. The molecule has 115 heavy (non-hydrogen) atoms. The molecule has 16 nitrogen and oxygen atoms in total. The van der Waals surface area contributed by atoms with Crippen molar-refractivity contribution in [2.75, 3.05) is 99.1 Å². The highest BCUT2D eigenvalue weighted by Crippen LogP contribution is 2.43. The van der Waals surface area contributed by atoms with Gasteiger partial charge in [0, 0.05) is 35.2 Å². The van der Waals surface area contributed by atoms with Crippen LogP contribution in [0.1, 0.15) is 54.2 Å². The molecule has 12 aromatic rings. The van der Waals surface area contributed by atoms with Crippen molar-refractivity contribution in [2.45, 2.75) is 89.5 Å². The highest BCUT2D eigenvalue weighted by molar-refractivity contribution is 7.28. The van der Waals surface area contributed by atoms with Gasteiger partial charge in [-0.3, -0.25) is 0 Å². The van der Waals surface area contributed by atoms with Crippen LogP contribution in [-0.2, 0) is 124 Å². The molecule has 4 heterocycles. The summed E-state index contributed by atoms with van der Waals surface area (Å²) in [5.41, 5.74) is 8.23. The summed E-state index contributed by atoms with van der Waals surface area (Å²) < 4.78 is 99.1. The zero-order valence-corrected chi connectivity index (χ0v) is 68.0. The van der Waals surface area contributed by atoms with Crippen LogP contribution in [0.5, 0.6) is 0 Å². The summed E-state index contributed by atoms with van der Waals surface area (Å²) in [5, 5.41) is 2.10. The fourth-order valence-electron chi connectivity index (χ4n) is 12.1. The number of rotatable bonds is 56. The van der Waals surface area contributed by atoms with Gasteiger partial charge < -0.3 is 71.1 Å². The molecule has 8 aromatic carbocycles. The van der Waals surface area contributed by atoms with E-state index in [1.807, 2.05) is 255 Å². The van der Waals surface area contributed by atoms with E-state index >= 15 is 0 Å². The molecule has 0 saturated carbocycles. The van der Waals surface area contributed by atoms with Crippen LogP contribution < -0.4 is 0 Å². The fraction of sp³-hybridized carbons (Fsp3) is 0.316. The molecular weight excluding hydrogens is 1530 g/mol. The number of ether oxygens (including phenoxy) is 15. The summed E-state index contributed by atoms with van der Waals surface area (Å²) in [4.78, 5) is 22.0. The minimum absolute atomic E-state index is 0.0234. The maximum atomic E-state index is 14.7. The number of hydrogen-bond donors (Lipinski definition) is 0. The zero-order valence-electron chi connectivity index (χ0n) is 64.8. The molecule has 0 saturated heterocycles. The minimum Gasteiger partial charge on any atom is -0.461 e. The average Bonchev–Trinajstić information content (AvgIpc) is 1.67. The van der Waals surface area contributed by atoms with Crippen molar-refractivity contribution in [3.63, 3.8) is 0 Å². The Morgan fingerprint density at radius 3 is 0.696 bits per heavy atom. The van der Waals surface area contributed by atoms with Gasteiger partial charge in [0.1, 0.15) is 41.5 Å². The summed E-state index contributed by atoms with van der Waals surface area (Å²) in [6, 6.07) is 97.0. The molecule has 0 atom stereocenters. The Bertz CT molecular complexity index is 3920. The monoisotopic (exact) mass is 1630 g/mol. The number of esters is 1. The Morgan fingerprint density at radius 1 is 0.217 bits per heavy atom. The predicted molar refractivity (Wildman–Crippen MR) is 455 cm³/mol. The third-order valence-corrected chi connectivity index (χ3v) is 22.9. The van der Waals surface area contributed by atoms with E-state index in [1.165, 1.54) is 26.0 Å². The molecule has 12 rings (SSSR count). The normalized spacial score (nSPS) is 11.8. The summed E-state index contributed by atoms with van der Waals surface area (Å²) in [6.07, 6.45) is -3.54. The molecule has 0 amide bonds. The van der Waals surface area contributed by atoms with Gasteiger partial charge >= 0.3 is 5.97 Å². The molecule has 0 fully saturated rings. The highest BCUT2D eigenvalue weighted by atomic mass is 32.1. The standard InChI is InChI=1S/C95H102O16S4/c96-95(94-48-47-93(115-94)92-46-45-91(114-92)90-44-43-89(113-90)88-42-25-49-112-88)111-60-81(58-105-86(69-107-82(61-97-50-73-26-9-1-10-27-73)62-98-51-74-28-11-2-12-29-74)70-108-83(63-99-52-75-30-13-3-14-31-75)64-100-53-76-32-15-4-16-33-76)59-106-87(71-109-84(65-101-54-77-34-17-5-18-35-77)66-102-55-78-36-19-6-20-37-78)72-110-85(67-103-56-79-38-21-7-22-39-79)68-104-57-80-40-23-8-24-41-80/h1-49,81-87H,50-72H2. The van der Waals surface area contributed by atoms with Crippen LogP contribution in [-0.4, -0.2) is 142 Å². The van der Waals surface area contributed by atoms with E-state index in [2.05, 4.69) is 41.8 Å². The van der Waals surface area contributed by atoms with E-state index in [4.69, 9.17) is 71.1 Å². The number of hydrogen-bond acceptors (Lipinski definition) is 20. The highest BCUT2D eigenvalue weighted by Gasteiger charge is 2.27. The maximum absolute atomic E-state index is 14.7. The molecule has 0 aliphatic carbocycles. The van der Waals surface area contributed by atoms with Crippen LogP contribution in [0.2, 0.25) is 0 Å². The van der Waals surface area contributed by atoms with Crippen LogP contribution in [0.4, 0.5) is 0 Å². The van der Waals surface area contributed by atoms with Gasteiger partial charge in [0.2, 0.25) is 0 Å². The van der Waals surface area contributed by atoms with Crippen LogP contribution in [0.15, 0.2) is 297 Å². The molecule has 602 valence electrons. The van der Waals surface area contributed by atoms with Crippen LogP contribution >= 0.6 is 45.3 Å². The first-order valence-corrected chi connectivity index (χ1v) is 42.4. The second kappa shape index (κ2) is 50.2.